The minimum atomic E-state index is -1.16. The van der Waals surface area contributed by atoms with E-state index in [9.17, 15) is 19.6 Å². The molecule has 1 fully saturated rings. The molecule has 2 aromatic rings. The maximum atomic E-state index is 13.1. The van der Waals surface area contributed by atoms with Crippen LogP contribution in [-0.4, -0.2) is 47.7 Å². The lowest BCUT2D eigenvalue weighted by atomic mass is 9.88. The van der Waals surface area contributed by atoms with Crippen LogP contribution in [0.4, 0.5) is 9.59 Å². The van der Waals surface area contributed by atoms with E-state index >= 15 is 0 Å². The van der Waals surface area contributed by atoms with E-state index in [1.165, 1.54) is 4.90 Å². The fourth-order valence-corrected chi connectivity index (χ4v) is 4.04. The summed E-state index contributed by atoms with van der Waals surface area (Å²) in [5.74, 6) is -0.442. The summed E-state index contributed by atoms with van der Waals surface area (Å²) >= 11 is 0. The number of likely N-dealkylation sites (tertiary alicyclic amines) is 1. The predicted octanol–water partition coefficient (Wildman–Crippen LogP) is 4.14. The van der Waals surface area contributed by atoms with Crippen LogP contribution in [0, 0.1) is 17.2 Å². The smallest absolute Gasteiger partial charge is 0.410 e. The van der Waals surface area contributed by atoms with Crippen molar-refractivity contribution in [1.29, 1.82) is 5.26 Å². The molecule has 1 saturated heterocycles. The van der Waals surface area contributed by atoms with Gasteiger partial charge in [0.25, 0.3) is 5.91 Å². The Morgan fingerprint density at radius 3 is 2.16 bits per heavy atom. The largest absolute Gasteiger partial charge is 0.445 e. The van der Waals surface area contributed by atoms with Crippen molar-refractivity contribution in [2.24, 2.45) is 5.92 Å². The number of hydrogen-bond acceptors (Lipinski definition) is 6. The first kappa shape index (κ1) is 27.5. The molecule has 9 heteroatoms. The van der Waals surface area contributed by atoms with Crippen LogP contribution in [0.2, 0.25) is 0 Å². The Kier molecular flexibility index (Phi) is 9.90. The summed E-state index contributed by atoms with van der Waals surface area (Å²) in [4.78, 5) is 39.5. The Morgan fingerprint density at radius 1 is 1.00 bits per heavy atom. The molecule has 2 N–H and O–H groups in total. The van der Waals surface area contributed by atoms with Gasteiger partial charge in [-0.1, -0.05) is 74.5 Å². The van der Waals surface area contributed by atoms with Gasteiger partial charge >= 0.3 is 12.2 Å². The second kappa shape index (κ2) is 13.3. The monoisotopic (exact) mass is 506 g/mol. The molecule has 1 atom stereocenters. The van der Waals surface area contributed by atoms with E-state index in [0.717, 1.165) is 11.1 Å². The maximum absolute atomic E-state index is 13.1. The number of nitrogens with zero attached hydrogens (tertiary/aromatic N) is 2. The van der Waals surface area contributed by atoms with Gasteiger partial charge in [-0.2, -0.15) is 5.26 Å². The van der Waals surface area contributed by atoms with Crippen LogP contribution < -0.4 is 10.6 Å². The zero-order valence-corrected chi connectivity index (χ0v) is 21.3. The van der Waals surface area contributed by atoms with Gasteiger partial charge in [0, 0.05) is 32.5 Å². The third-order valence-electron chi connectivity index (χ3n) is 6.16. The summed E-state index contributed by atoms with van der Waals surface area (Å²) in [5, 5.41) is 15.4. The number of ether oxygens (including phenoxy) is 2. The molecular formula is C28H34N4O5. The normalized spacial score (nSPS) is 15.2. The highest BCUT2D eigenvalue weighted by molar-refractivity contribution is 5.84. The van der Waals surface area contributed by atoms with Crippen molar-refractivity contribution in [2.45, 2.75) is 57.9 Å². The number of benzene rings is 2. The molecule has 0 aliphatic carbocycles. The molecule has 1 aliphatic rings. The van der Waals surface area contributed by atoms with Gasteiger partial charge < -0.3 is 25.0 Å². The highest BCUT2D eigenvalue weighted by atomic mass is 16.6. The molecule has 0 radical (unpaired) electrons. The fraction of sp³-hybridized carbons (Fsp3) is 0.429. The van der Waals surface area contributed by atoms with E-state index < -0.39 is 29.7 Å². The molecule has 0 bridgehead atoms. The van der Waals surface area contributed by atoms with Crippen molar-refractivity contribution >= 4 is 18.1 Å². The zero-order valence-electron chi connectivity index (χ0n) is 21.3. The quantitative estimate of drug-likeness (QED) is 0.527. The first-order valence-corrected chi connectivity index (χ1v) is 12.5. The van der Waals surface area contributed by atoms with Crippen molar-refractivity contribution in [3.63, 3.8) is 0 Å². The SMILES string of the molecule is CC(C)C[C@H](OC(=O)NCc1ccccc1)C(=O)NC1(C#N)CCN(C(=O)OCc2ccccc2)CC1. The van der Waals surface area contributed by atoms with Gasteiger partial charge in [-0.3, -0.25) is 4.79 Å². The number of carbonyl (C=O) groups is 3. The van der Waals surface area contributed by atoms with Gasteiger partial charge in [-0.15, -0.1) is 0 Å². The minimum Gasteiger partial charge on any atom is -0.445 e. The molecule has 0 saturated carbocycles. The van der Waals surface area contributed by atoms with Crippen molar-refractivity contribution in [3.8, 4) is 6.07 Å². The van der Waals surface area contributed by atoms with Gasteiger partial charge in [0.1, 0.15) is 12.1 Å². The van der Waals surface area contributed by atoms with Gasteiger partial charge in [0.05, 0.1) is 6.07 Å². The van der Waals surface area contributed by atoms with Crippen LogP contribution in [0.3, 0.4) is 0 Å². The summed E-state index contributed by atoms with van der Waals surface area (Å²) in [5.41, 5.74) is 0.629. The molecule has 196 valence electrons. The second-order valence-corrected chi connectivity index (χ2v) is 9.57. The lowest BCUT2D eigenvalue weighted by Gasteiger charge is -2.37. The number of nitriles is 1. The number of hydrogen-bond donors (Lipinski definition) is 2. The molecule has 3 rings (SSSR count). The average Bonchev–Trinajstić information content (AvgIpc) is 2.91. The third kappa shape index (κ3) is 8.53. The lowest BCUT2D eigenvalue weighted by Crippen LogP contribution is -2.57. The molecule has 9 nitrogen and oxygen atoms in total. The Hall–Kier alpha value is -4.06. The van der Waals surface area contributed by atoms with E-state index in [1.807, 2.05) is 74.5 Å². The number of carbonyl (C=O) groups excluding carboxylic acids is 3. The van der Waals surface area contributed by atoms with E-state index in [0.29, 0.717) is 6.42 Å². The Morgan fingerprint density at radius 2 is 1.59 bits per heavy atom. The summed E-state index contributed by atoms with van der Waals surface area (Å²) in [6.07, 6.45) is -1.42. The highest BCUT2D eigenvalue weighted by Crippen LogP contribution is 2.23. The second-order valence-electron chi connectivity index (χ2n) is 9.57. The van der Waals surface area contributed by atoms with Gasteiger partial charge in [-0.05, 0) is 23.5 Å². The molecule has 3 amide bonds. The Balaban J connectivity index is 1.53. The topological polar surface area (TPSA) is 121 Å². The van der Waals surface area contributed by atoms with E-state index in [4.69, 9.17) is 9.47 Å². The van der Waals surface area contributed by atoms with E-state index in [1.54, 1.807) is 0 Å². The molecule has 0 spiro atoms. The number of rotatable bonds is 9. The number of alkyl carbamates (subject to hydrolysis) is 1. The molecular weight excluding hydrogens is 472 g/mol. The first-order valence-electron chi connectivity index (χ1n) is 12.5. The summed E-state index contributed by atoms with van der Waals surface area (Å²) < 4.78 is 10.8. The molecule has 1 aliphatic heterocycles. The molecule has 0 unspecified atom stereocenters. The fourth-order valence-electron chi connectivity index (χ4n) is 4.04. The summed E-state index contributed by atoms with van der Waals surface area (Å²) in [6.45, 7) is 4.80. The maximum Gasteiger partial charge on any atom is 0.410 e. The van der Waals surface area contributed by atoms with Crippen LogP contribution in [-0.2, 0) is 27.4 Å². The Labute approximate surface area is 217 Å². The highest BCUT2D eigenvalue weighted by Gasteiger charge is 2.40. The molecule has 0 aromatic heterocycles. The van der Waals surface area contributed by atoms with Gasteiger partial charge in [-0.25, -0.2) is 9.59 Å². The summed E-state index contributed by atoms with van der Waals surface area (Å²) in [7, 11) is 0. The zero-order chi connectivity index (χ0) is 26.7. The van der Waals surface area contributed by atoms with Crippen LogP contribution in [0.15, 0.2) is 60.7 Å². The number of amides is 3. The van der Waals surface area contributed by atoms with Crippen molar-refractivity contribution in [1.82, 2.24) is 15.5 Å². The van der Waals surface area contributed by atoms with Crippen LogP contribution in [0.1, 0.15) is 44.2 Å². The standard InChI is InChI=1S/C28H34N4O5/c1-21(2)17-24(37-26(34)30-18-22-9-5-3-6-10-22)25(33)31-28(20-29)13-15-32(16-14-28)27(35)36-19-23-11-7-4-8-12-23/h3-12,21,24H,13-19H2,1-2H3,(H,30,34)(H,31,33)/t24-/m0/s1. The molecule has 37 heavy (non-hydrogen) atoms. The predicted molar refractivity (Wildman–Crippen MR) is 137 cm³/mol. The molecule has 2 aromatic carbocycles. The van der Waals surface area contributed by atoms with Gasteiger partial charge in [0.15, 0.2) is 6.10 Å². The van der Waals surface area contributed by atoms with Crippen LogP contribution >= 0.6 is 0 Å². The van der Waals surface area contributed by atoms with E-state index in [-0.39, 0.29) is 45.0 Å². The third-order valence-corrected chi connectivity index (χ3v) is 6.16. The van der Waals surface area contributed by atoms with Crippen LogP contribution in [0.25, 0.3) is 0 Å². The van der Waals surface area contributed by atoms with Crippen molar-refractivity contribution < 1.29 is 23.9 Å². The van der Waals surface area contributed by atoms with Crippen molar-refractivity contribution in [2.75, 3.05) is 13.1 Å². The molecule has 1 heterocycles. The average molecular weight is 507 g/mol. The summed E-state index contributed by atoms with van der Waals surface area (Å²) in [6, 6.07) is 21.0. The number of nitrogens with one attached hydrogen (secondary N) is 2. The van der Waals surface area contributed by atoms with E-state index in [2.05, 4.69) is 16.7 Å². The van der Waals surface area contributed by atoms with Gasteiger partial charge in [0.2, 0.25) is 0 Å². The minimum absolute atomic E-state index is 0.0805. The Bertz CT molecular complexity index is 1080. The van der Waals surface area contributed by atoms with Crippen molar-refractivity contribution in [3.05, 3.63) is 71.8 Å². The van der Waals surface area contributed by atoms with Crippen LogP contribution in [0.5, 0.6) is 0 Å². The first-order chi connectivity index (χ1) is 17.8. The lowest BCUT2D eigenvalue weighted by molar-refractivity contribution is -0.132. The number of piperidine rings is 1.